The van der Waals surface area contributed by atoms with E-state index in [1.165, 1.54) is 28.1 Å². The molecule has 1 saturated carbocycles. The Morgan fingerprint density at radius 2 is 1.55 bits per heavy atom. The first-order valence-corrected chi connectivity index (χ1v) is 12.3. The van der Waals surface area contributed by atoms with Gasteiger partial charge in [0.2, 0.25) is 0 Å². The molecule has 2 aliphatic carbocycles. The summed E-state index contributed by atoms with van der Waals surface area (Å²) in [5.41, 5.74) is 6.86. The van der Waals surface area contributed by atoms with Gasteiger partial charge in [0, 0.05) is 34.7 Å². The van der Waals surface area contributed by atoms with Crippen molar-refractivity contribution in [1.29, 1.82) is 0 Å². The Bertz CT molecular complexity index is 1240. The van der Waals surface area contributed by atoms with Gasteiger partial charge in [-0.15, -0.1) is 0 Å². The highest BCUT2D eigenvalue weighted by atomic mass is 16.5. The van der Waals surface area contributed by atoms with E-state index in [0.29, 0.717) is 24.0 Å². The minimum absolute atomic E-state index is 0.164. The fraction of sp³-hybridized carbons (Fsp3) is 0.290. The van der Waals surface area contributed by atoms with Crippen LogP contribution in [0.1, 0.15) is 31.2 Å². The topological polar surface area (TPSA) is 12.5 Å². The third-order valence-electron chi connectivity index (χ3n) is 8.66. The number of benzene rings is 3. The van der Waals surface area contributed by atoms with Crippen LogP contribution in [-0.4, -0.2) is 18.2 Å². The average Bonchev–Trinajstić information content (AvgIpc) is 3.34. The third kappa shape index (κ3) is 2.83. The lowest BCUT2D eigenvalue weighted by Gasteiger charge is -2.46. The minimum Gasteiger partial charge on any atom is -0.370 e. The van der Waals surface area contributed by atoms with Crippen molar-refractivity contribution in [3.63, 3.8) is 0 Å². The quantitative estimate of drug-likeness (QED) is 0.423. The minimum atomic E-state index is 0.164. The maximum absolute atomic E-state index is 6.64. The maximum Gasteiger partial charge on any atom is 0.0831 e. The van der Waals surface area contributed by atoms with Crippen LogP contribution in [0.3, 0.4) is 0 Å². The van der Waals surface area contributed by atoms with E-state index in [9.17, 15) is 0 Å². The first-order chi connectivity index (χ1) is 16.2. The zero-order valence-corrected chi connectivity index (χ0v) is 19.0. The van der Waals surface area contributed by atoms with Crippen molar-refractivity contribution in [3.05, 3.63) is 109 Å². The molecule has 0 aromatic heterocycles. The molecule has 2 fully saturated rings. The van der Waals surface area contributed by atoms with E-state index in [-0.39, 0.29) is 11.5 Å². The number of rotatable bonds is 2. The Kier molecular flexibility index (Phi) is 4.23. The number of hydrogen-bond donors (Lipinski definition) is 0. The predicted octanol–water partition coefficient (Wildman–Crippen LogP) is 7.27. The van der Waals surface area contributed by atoms with Gasteiger partial charge in [0.25, 0.3) is 0 Å². The Balaban J connectivity index is 1.28. The van der Waals surface area contributed by atoms with E-state index in [1.54, 1.807) is 0 Å². The Morgan fingerprint density at radius 3 is 2.39 bits per heavy atom. The second-order valence-electron chi connectivity index (χ2n) is 10.3. The van der Waals surface area contributed by atoms with Crippen LogP contribution in [0.5, 0.6) is 0 Å². The molecule has 164 valence electrons. The fourth-order valence-electron chi connectivity index (χ4n) is 7.02. The van der Waals surface area contributed by atoms with Crippen LogP contribution in [-0.2, 0) is 4.74 Å². The van der Waals surface area contributed by atoms with E-state index in [1.807, 2.05) is 0 Å². The number of para-hydroxylation sites is 1. The van der Waals surface area contributed by atoms with Crippen molar-refractivity contribution in [3.8, 4) is 11.1 Å². The number of fused-ring (bicyclic) bond motifs is 6. The summed E-state index contributed by atoms with van der Waals surface area (Å²) in [4.78, 5) is 2.63. The van der Waals surface area contributed by atoms with Gasteiger partial charge in [0.05, 0.1) is 12.2 Å². The molecule has 2 aliphatic heterocycles. The molecule has 2 nitrogen and oxygen atoms in total. The van der Waals surface area contributed by atoms with Gasteiger partial charge < -0.3 is 9.64 Å². The molecule has 3 aromatic rings. The summed E-state index contributed by atoms with van der Waals surface area (Å²) in [5, 5.41) is 0. The van der Waals surface area contributed by atoms with Crippen LogP contribution in [0.25, 0.3) is 11.1 Å². The summed E-state index contributed by atoms with van der Waals surface area (Å²) in [6.45, 7) is 2.47. The molecule has 1 saturated heterocycles. The van der Waals surface area contributed by atoms with Crippen molar-refractivity contribution >= 4 is 11.4 Å². The van der Waals surface area contributed by atoms with E-state index < -0.39 is 0 Å². The maximum atomic E-state index is 6.64. The summed E-state index contributed by atoms with van der Waals surface area (Å²) in [6.07, 6.45) is 11.8. The fourth-order valence-corrected chi connectivity index (χ4v) is 7.02. The van der Waals surface area contributed by atoms with Crippen molar-refractivity contribution in [2.24, 2.45) is 11.3 Å². The molecule has 4 aliphatic rings. The summed E-state index contributed by atoms with van der Waals surface area (Å²) in [7, 11) is 0. The van der Waals surface area contributed by atoms with Crippen LogP contribution in [0, 0.1) is 11.3 Å². The molecule has 2 heteroatoms. The van der Waals surface area contributed by atoms with Gasteiger partial charge in [-0.1, -0.05) is 91.9 Å². The second kappa shape index (κ2) is 7.20. The highest BCUT2D eigenvalue weighted by molar-refractivity contribution is 5.75. The summed E-state index contributed by atoms with van der Waals surface area (Å²) < 4.78 is 6.64. The Labute approximate surface area is 196 Å². The molecule has 0 bridgehead atoms. The lowest BCUT2D eigenvalue weighted by atomic mass is 9.61. The molecule has 7 rings (SSSR count). The molecule has 6 atom stereocenters. The SMILES string of the molecule is CC12CC3C(CC1OC1C=CC=C[C@@H]12)c1ccccc1N3c1ccc(-c2ccccc2)cc1. The highest BCUT2D eigenvalue weighted by Gasteiger charge is 2.59. The molecule has 5 unspecified atom stereocenters. The van der Waals surface area contributed by atoms with Crippen LogP contribution in [0.2, 0.25) is 0 Å². The van der Waals surface area contributed by atoms with E-state index >= 15 is 0 Å². The van der Waals surface area contributed by atoms with Crippen molar-refractivity contribution in [2.75, 3.05) is 4.90 Å². The van der Waals surface area contributed by atoms with Gasteiger partial charge in [0.15, 0.2) is 0 Å². The largest absolute Gasteiger partial charge is 0.370 e. The molecular formula is C31H29NO. The lowest BCUT2D eigenvalue weighted by molar-refractivity contribution is -0.00273. The number of anilines is 2. The number of allylic oxidation sites excluding steroid dienone is 2. The third-order valence-corrected chi connectivity index (χ3v) is 8.66. The number of hydrogen-bond acceptors (Lipinski definition) is 2. The normalized spacial score (nSPS) is 33.4. The standard InChI is InChI=1S/C31H29NO/c1-31-20-28-25(19-30(31)33-29-14-8-6-12-26(29)31)24-11-5-7-13-27(24)32(28)23-17-15-22(16-18-23)21-9-3-2-4-10-21/h2-18,25-26,28-30H,19-20H2,1H3/t25?,26-,28?,29?,30?,31?/m0/s1. The zero-order chi connectivity index (χ0) is 22.0. The van der Waals surface area contributed by atoms with Gasteiger partial charge in [-0.2, -0.15) is 0 Å². The lowest BCUT2D eigenvalue weighted by Crippen LogP contribution is -2.47. The van der Waals surface area contributed by atoms with Crippen LogP contribution < -0.4 is 4.90 Å². The van der Waals surface area contributed by atoms with E-state index in [4.69, 9.17) is 4.74 Å². The summed E-state index contributed by atoms with van der Waals surface area (Å²) in [5.74, 6) is 0.987. The van der Waals surface area contributed by atoms with Crippen LogP contribution in [0.4, 0.5) is 11.4 Å². The molecule has 3 aromatic carbocycles. The van der Waals surface area contributed by atoms with Crippen molar-refractivity contribution < 1.29 is 4.74 Å². The molecule has 2 heterocycles. The van der Waals surface area contributed by atoms with Crippen molar-refractivity contribution in [2.45, 2.75) is 43.9 Å². The smallest absolute Gasteiger partial charge is 0.0831 e. The molecule has 0 spiro atoms. The molecule has 33 heavy (non-hydrogen) atoms. The van der Waals surface area contributed by atoms with Gasteiger partial charge >= 0.3 is 0 Å². The number of ether oxygens (including phenoxy) is 1. The van der Waals surface area contributed by atoms with E-state index in [0.717, 1.165) is 12.8 Å². The zero-order valence-electron chi connectivity index (χ0n) is 19.0. The predicted molar refractivity (Wildman–Crippen MR) is 135 cm³/mol. The second-order valence-corrected chi connectivity index (χ2v) is 10.3. The van der Waals surface area contributed by atoms with Crippen molar-refractivity contribution in [1.82, 2.24) is 0 Å². The Hall–Kier alpha value is -3.10. The molecule has 0 radical (unpaired) electrons. The molecule has 0 N–H and O–H groups in total. The molecule has 0 amide bonds. The monoisotopic (exact) mass is 431 g/mol. The summed E-state index contributed by atoms with van der Waals surface area (Å²) >= 11 is 0. The Morgan fingerprint density at radius 1 is 0.818 bits per heavy atom. The average molecular weight is 432 g/mol. The number of nitrogens with zero attached hydrogens (tertiary/aromatic N) is 1. The molecular weight excluding hydrogens is 402 g/mol. The summed E-state index contributed by atoms with van der Waals surface area (Å²) in [6, 6.07) is 29.3. The van der Waals surface area contributed by atoms with Gasteiger partial charge in [-0.05, 0) is 47.7 Å². The first-order valence-electron chi connectivity index (χ1n) is 12.3. The van der Waals surface area contributed by atoms with Crippen LogP contribution in [0.15, 0.2) is 103 Å². The first kappa shape index (κ1) is 19.4. The van der Waals surface area contributed by atoms with Gasteiger partial charge in [-0.3, -0.25) is 0 Å². The highest BCUT2D eigenvalue weighted by Crippen LogP contribution is 2.61. The van der Waals surface area contributed by atoms with Gasteiger partial charge in [0.1, 0.15) is 0 Å². The van der Waals surface area contributed by atoms with Gasteiger partial charge in [-0.25, -0.2) is 0 Å². The van der Waals surface area contributed by atoms with E-state index in [2.05, 4.69) is 115 Å². The van der Waals surface area contributed by atoms with Crippen LogP contribution >= 0.6 is 0 Å².